The quantitative estimate of drug-likeness (QED) is 0.615. The van der Waals surface area contributed by atoms with E-state index in [1.165, 1.54) is 18.2 Å². The maximum Gasteiger partial charge on any atom is 0.259 e. The van der Waals surface area contributed by atoms with E-state index >= 15 is 0 Å². The number of hydrogen-bond donors (Lipinski definition) is 2. The summed E-state index contributed by atoms with van der Waals surface area (Å²) in [5.74, 6) is -0.177. The Morgan fingerprint density at radius 1 is 1.20 bits per heavy atom. The number of nitrogens with zero attached hydrogens (tertiary/aromatic N) is 2. The summed E-state index contributed by atoms with van der Waals surface area (Å²) in [5.41, 5.74) is 0.656. The van der Waals surface area contributed by atoms with Crippen LogP contribution in [0.1, 0.15) is 34.9 Å². The molecule has 1 aromatic heterocycles. The Morgan fingerprint density at radius 2 is 2.00 bits per heavy atom. The fourth-order valence-electron chi connectivity index (χ4n) is 2.80. The molecule has 30 heavy (non-hydrogen) atoms. The molecule has 1 aliphatic rings. The summed E-state index contributed by atoms with van der Waals surface area (Å²) in [7, 11) is 0. The lowest BCUT2D eigenvalue weighted by Gasteiger charge is -2.12. The fourth-order valence-corrected chi connectivity index (χ4v) is 2.80. The van der Waals surface area contributed by atoms with Gasteiger partial charge in [0.05, 0.1) is 11.3 Å². The Morgan fingerprint density at radius 3 is 2.73 bits per heavy atom. The van der Waals surface area contributed by atoms with Gasteiger partial charge in [-0.1, -0.05) is 17.3 Å². The minimum atomic E-state index is -0.568. The normalized spacial score (nSPS) is 13.0. The van der Waals surface area contributed by atoms with Gasteiger partial charge in [-0.3, -0.25) is 9.59 Å². The first kappa shape index (κ1) is 19.6. The number of para-hydroxylation sites is 1. The highest BCUT2D eigenvalue weighted by Crippen LogP contribution is 2.31. The summed E-state index contributed by atoms with van der Waals surface area (Å²) in [5, 5.41) is 9.01. The topological polar surface area (TPSA) is 106 Å². The fraction of sp³-hybridized carbons (Fsp3) is 0.238. The number of rotatable bonds is 7. The number of halogens is 1. The van der Waals surface area contributed by atoms with E-state index in [4.69, 9.17) is 9.26 Å². The van der Waals surface area contributed by atoms with Crippen molar-refractivity contribution in [3.63, 3.8) is 0 Å². The van der Waals surface area contributed by atoms with E-state index in [9.17, 15) is 14.0 Å². The number of aryl methyl sites for hydroxylation is 1. The Bertz CT molecular complexity index is 1090. The Kier molecular flexibility index (Phi) is 5.42. The van der Waals surface area contributed by atoms with E-state index < -0.39 is 11.7 Å². The number of aromatic nitrogens is 2. The van der Waals surface area contributed by atoms with E-state index in [-0.39, 0.29) is 29.7 Å². The van der Waals surface area contributed by atoms with Crippen LogP contribution in [0.2, 0.25) is 0 Å². The molecule has 3 aromatic rings. The number of amides is 2. The lowest BCUT2D eigenvalue weighted by molar-refractivity contribution is -0.117. The molecule has 1 fully saturated rings. The molecule has 0 spiro atoms. The Hall–Kier alpha value is -3.75. The maximum atomic E-state index is 14.0. The summed E-state index contributed by atoms with van der Waals surface area (Å²) in [4.78, 5) is 28.7. The highest BCUT2D eigenvalue weighted by atomic mass is 19.1. The van der Waals surface area contributed by atoms with Crippen LogP contribution in [-0.2, 0) is 11.4 Å². The predicted octanol–water partition coefficient (Wildman–Crippen LogP) is 3.70. The van der Waals surface area contributed by atoms with Crippen LogP contribution < -0.4 is 15.4 Å². The zero-order valence-corrected chi connectivity index (χ0v) is 16.1. The number of hydrogen-bond acceptors (Lipinski definition) is 6. The van der Waals surface area contributed by atoms with Crippen molar-refractivity contribution in [3.05, 3.63) is 65.6 Å². The second-order valence-electron chi connectivity index (χ2n) is 6.93. The van der Waals surface area contributed by atoms with Gasteiger partial charge in [0.25, 0.3) is 5.91 Å². The van der Waals surface area contributed by atoms with Gasteiger partial charge in [-0.05, 0) is 43.2 Å². The monoisotopic (exact) mass is 410 g/mol. The van der Waals surface area contributed by atoms with Crippen LogP contribution >= 0.6 is 0 Å². The van der Waals surface area contributed by atoms with Crippen molar-refractivity contribution in [3.8, 4) is 5.75 Å². The summed E-state index contributed by atoms with van der Waals surface area (Å²) in [6.07, 6.45) is 1.62. The molecular weight excluding hydrogens is 391 g/mol. The standard InChI is InChI=1S/C21H19FN4O4/c1-12-23-19(26-30-12)11-29-18-5-3-2-4-15(18)21(28)24-14-8-9-16(22)17(10-14)25-20(27)13-6-7-13/h2-5,8-10,13H,6-7,11H2,1H3,(H,24,28)(H,25,27). The molecule has 9 heteroatoms. The summed E-state index contributed by atoms with van der Waals surface area (Å²) < 4.78 is 24.6. The lowest BCUT2D eigenvalue weighted by atomic mass is 10.1. The second-order valence-corrected chi connectivity index (χ2v) is 6.93. The van der Waals surface area contributed by atoms with Gasteiger partial charge in [0.1, 0.15) is 11.6 Å². The molecule has 1 heterocycles. The molecule has 2 aromatic carbocycles. The molecular formula is C21H19FN4O4. The minimum Gasteiger partial charge on any atom is -0.485 e. The highest BCUT2D eigenvalue weighted by molar-refractivity contribution is 6.06. The molecule has 154 valence electrons. The molecule has 0 unspecified atom stereocenters. The number of nitrogens with one attached hydrogen (secondary N) is 2. The third kappa shape index (κ3) is 4.62. The van der Waals surface area contributed by atoms with E-state index in [0.717, 1.165) is 12.8 Å². The van der Waals surface area contributed by atoms with E-state index in [1.54, 1.807) is 31.2 Å². The summed E-state index contributed by atoms with van der Waals surface area (Å²) >= 11 is 0. The first-order valence-electron chi connectivity index (χ1n) is 9.42. The molecule has 4 rings (SSSR count). The average molecular weight is 410 g/mol. The third-order valence-electron chi connectivity index (χ3n) is 4.49. The SMILES string of the molecule is Cc1nc(COc2ccccc2C(=O)Nc2ccc(F)c(NC(=O)C3CC3)c2)no1. The van der Waals surface area contributed by atoms with E-state index in [1.807, 2.05) is 0 Å². The van der Waals surface area contributed by atoms with Gasteiger partial charge in [0.15, 0.2) is 6.61 Å². The zero-order chi connectivity index (χ0) is 21.1. The van der Waals surface area contributed by atoms with Gasteiger partial charge >= 0.3 is 0 Å². The molecule has 0 radical (unpaired) electrons. The zero-order valence-electron chi connectivity index (χ0n) is 16.1. The molecule has 0 saturated heterocycles. The second kappa shape index (κ2) is 8.32. The molecule has 0 aliphatic heterocycles. The highest BCUT2D eigenvalue weighted by Gasteiger charge is 2.30. The smallest absolute Gasteiger partial charge is 0.259 e. The van der Waals surface area contributed by atoms with Crippen LogP contribution in [0.4, 0.5) is 15.8 Å². The largest absolute Gasteiger partial charge is 0.485 e. The van der Waals surface area contributed by atoms with Gasteiger partial charge < -0.3 is 19.9 Å². The van der Waals surface area contributed by atoms with Crippen LogP contribution in [0.15, 0.2) is 47.0 Å². The van der Waals surface area contributed by atoms with Crippen molar-refractivity contribution in [1.82, 2.24) is 10.1 Å². The molecule has 8 nitrogen and oxygen atoms in total. The van der Waals surface area contributed by atoms with Crippen LogP contribution in [0.25, 0.3) is 0 Å². The van der Waals surface area contributed by atoms with Crippen molar-refractivity contribution < 1.29 is 23.2 Å². The lowest BCUT2D eigenvalue weighted by Crippen LogP contribution is -2.16. The van der Waals surface area contributed by atoms with Crippen molar-refractivity contribution >= 4 is 23.2 Å². The van der Waals surface area contributed by atoms with Crippen LogP contribution in [0, 0.1) is 18.7 Å². The number of carbonyl (C=O) groups is 2. The third-order valence-corrected chi connectivity index (χ3v) is 4.49. The molecule has 2 N–H and O–H groups in total. The van der Waals surface area contributed by atoms with Gasteiger partial charge in [-0.25, -0.2) is 4.39 Å². The van der Waals surface area contributed by atoms with E-state index in [2.05, 4.69) is 20.8 Å². The Labute approximate surface area is 171 Å². The van der Waals surface area contributed by atoms with Gasteiger partial charge in [0.2, 0.25) is 17.6 Å². The van der Waals surface area contributed by atoms with Crippen LogP contribution in [0.3, 0.4) is 0 Å². The van der Waals surface area contributed by atoms with E-state index in [0.29, 0.717) is 23.2 Å². The van der Waals surface area contributed by atoms with Crippen molar-refractivity contribution in [2.24, 2.45) is 5.92 Å². The molecule has 2 amide bonds. The van der Waals surface area contributed by atoms with Crippen LogP contribution in [-0.4, -0.2) is 22.0 Å². The predicted molar refractivity (Wildman–Crippen MR) is 106 cm³/mol. The minimum absolute atomic E-state index is 0.0294. The van der Waals surface area contributed by atoms with Crippen molar-refractivity contribution in [1.29, 1.82) is 0 Å². The number of benzene rings is 2. The number of ether oxygens (including phenoxy) is 1. The van der Waals surface area contributed by atoms with Gasteiger partial charge in [-0.2, -0.15) is 4.98 Å². The van der Waals surface area contributed by atoms with Gasteiger partial charge in [-0.15, -0.1) is 0 Å². The maximum absolute atomic E-state index is 14.0. The van der Waals surface area contributed by atoms with Crippen molar-refractivity contribution in [2.45, 2.75) is 26.4 Å². The Balaban J connectivity index is 1.46. The molecule has 1 saturated carbocycles. The number of carbonyl (C=O) groups excluding carboxylic acids is 2. The summed E-state index contributed by atoms with van der Waals surface area (Å²) in [6, 6.07) is 10.7. The molecule has 0 bridgehead atoms. The molecule has 1 aliphatic carbocycles. The first-order valence-corrected chi connectivity index (χ1v) is 9.42. The molecule has 0 atom stereocenters. The summed E-state index contributed by atoms with van der Waals surface area (Å²) in [6.45, 7) is 1.71. The number of anilines is 2. The van der Waals surface area contributed by atoms with Gasteiger partial charge in [0, 0.05) is 18.5 Å². The first-order chi connectivity index (χ1) is 14.5. The van der Waals surface area contributed by atoms with Crippen molar-refractivity contribution in [2.75, 3.05) is 10.6 Å². The average Bonchev–Trinajstić information content (AvgIpc) is 3.51. The van der Waals surface area contributed by atoms with Crippen LogP contribution in [0.5, 0.6) is 5.75 Å².